The molecule has 0 aliphatic rings. The fourth-order valence-corrected chi connectivity index (χ4v) is 1.99. The van der Waals surface area contributed by atoms with Gasteiger partial charge in [0.15, 0.2) is 0 Å². The second-order valence-electron chi connectivity index (χ2n) is 5.25. The lowest BCUT2D eigenvalue weighted by atomic mass is 10.1. The Balaban J connectivity index is 4.18. The molecule has 0 amide bonds. The predicted octanol–water partition coefficient (Wildman–Crippen LogP) is 2.48. The van der Waals surface area contributed by atoms with Gasteiger partial charge >= 0.3 is 0 Å². The minimum atomic E-state index is 0.304. The monoisotopic (exact) mass is 200 g/mol. The van der Waals surface area contributed by atoms with Crippen molar-refractivity contribution in [3.63, 3.8) is 0 Å². The van der Waals surface area contributed by atoms with Crippen LogP contribution < -0.4 is 5.73 Å². The van der Waals surface area contributed by atoms with Gasteiger partial charge in [0.25, 0.3) is 0 Å². The van der Waals surface area contributed by atoms with Gasteiger partial charge in [-0.15, -0.1) is 0 Å². The summed E-state index contributed by atoms with van der Waals surface area (Å²) in [7, 11) is 0. The van der Waals surface area contributed by atoms with Crippen LogP contribution in [0.4, 0.5) is 0 Å². The van der Waals surface area contributed by atoms with Gasteiger partial charge in [0.05, 0.1) is 0 Å². The van der Waals surface area contributed by atoms with Gasteiger partial charge in [-0.25, -0.2) is 0 Å². The highest BCUT2D eigenvalue weighted by Crippen LogP contribution is 2.12. The summed E-state index contributed by atoms with van der Waals surface area (Å²) in [6, 6.07) is 1.52. The van der Waals surface area contributed by atoms with Crippen molar-refractivity contribution in [2.75, 3.05) is 6.54 Å². The second kappa shape index (κ2) is 6.41. The van der Waals surface area contributed by atoms with E-state index in [4.69, 9.17) is 5.73 Å². The average molecular weight is 200 g/mol. The van der Waals surface area contributed by atoms with Crippen LogP contribution in [0.3, 0.4) is 0 Å². The Hall–Kier alpha value is -0.0800. The number of hydrogen-bond donors (Lipinski definition) is 1. The summed E-state index contributed by atoms with van der Waals surface area (Å²) in [6.45, 7) is 14.6. The summed E-state index contributed by atoms with van der Waals surface area (Å²) < 4.78 is 0. The molecular weight excluding hydrogens is 172 g/mol. The third-order valence-corrected chi connectivity index (χ3v) is 2.52. The van der Waals surface area contributed by atoms with Crippen LogP contribution in [0.25, 0.3) is 0 Å². The summed E-state index contributed by atoms with van der Waals surface area (Å²) in [5.74, 6) is 0.730. The molecule has 0 radical (unpaired) electrons. The average Bonchev–Trinajstić information content (AvgIpc) is 1.97. The fraction of sp³-hybridized carbons (Fsp3) is 1.00. The first kappa shape index (κ1) is 13.9. The zero-order valence-electron chi connectivity index (χ0n) is 10.7. The molecule has 0 rings (SSSR count). The quantitative estimate of drug-likeness (QED) is 0.714. The first-order valence-electron chi connectivity index (χ1n) is 5.85. The molecule has 2 nitrogen and oxygen atoms in total. The Morgan fingerprint density at radius 1 is 1.00 bits per heavy atom. The molecule has 0 heterocycles. The Morgan fingerprint density at radius 2 is 1.50 bits per heavy atom. The molecule has 2 unspecified atom stereocenters. The standard InChI is InChI=1S/C12H28N2/c1-9(2)8-14(10(3)4)12(6)7-11(5)13/h9-12H,7-8,13H2,1-6H3. The highest BCUT2D eigenvalue weighted by Gasteiger charge is 2.18. The Kier molecular flexibility index (Phi) is 6.38. The van der Waals surface area contributed by atoms with Crippen LogP contribution in [0.15, 0.2) is 0 Å². The van der Waals surface area contributed by atoms with Crippen LogP contribution in [-0.4, -0.2) is 29.6 Å². The zero-order chi connectivity index (χ0) is 11.3. The maximum atomic E-state index is 5.84. The van der Waals surface area contributed by atoms with Gasteiger partial charge in [0.2, 0.25) is 0 Å². The topological polar surface area (TPSA) is 29.3 Å². The van der Waals surface area contributed by atoms with Crippen molar-refractivity contribution in [3.8, 4) is 0 Å². The van der Waals surface area contributed by atoms with Crippen molar-refractivity contribution in [1.29, 1.82) is 0 Å². The molecule has 0 aliphatic carbocycles. The smallest absolute Gasteiger partial charge is 0.00843 e. The lowest BCUT2D eigenvalue weighted by Gasteiger charge is -2.35. The molecule has 0 saturated heterocycles. The maximum Gasteiger partial charge on any atom is 0.00843 e. The minimum absolute atomic E-state index is 0.304. The number of hydrogen-bond acceptors (Lipinski definition) is 2. The van der Waals surface area contributed by atoms with E-state index in [1.165, 1.54) is 6.54 Å². The first-order chi connectivity index (χ1) is 6.34. The third kappa shape index (κ3) is 5.61. The van der Waals surface area contributed by atoms with Crippen molar-refractivity contribution < 1.29 is 0 Å². The van der Waals surface area contributed by atoms with E-state index in [1.54, 1.807) is 0 Å². The van der Waals surface area contributed by atoms with Gasteiger partial charge in [-0.05, 0) is 40.0 Å². The molecule has 0 spiro atoms. The summed E-state index contributed by atoms with van der Waals surface area (Å²) in [5, 5.41) is 0. The zero-order valence-corrected chi connectivity index (χ0v) is 10.7. The van der Waals surface area contributed by atoms with Crippen molar-refractivity contribution in [2.45, 2.75) is 66.1 Å². The highest BCUT2D eigenvalue weighted by molar-refractivity contribution is 4.74. The molecule has 0 aromatic carbocycles. The van der Waals surface area contributed by atoms with Gasteiger partial charge in [-0.2, -0.15) is 0 Å². The van der Waals surface area contributed by atoms with E-state index in [-0.39, 0.29) is 0 Å². The fourth-order valence-electron chi connectivity index (χ4n) is 1.99. The molecule has 0 saturated carbocycles. The molecule has 14 heavy (non-hydrogen) atoms. The summed E-state index contributed by atoms with van der Waals surface area (Å²) in [6.07, 6.45) is 1.09. The van der Waals surface area contributed by atoms with E-state index in [2.05, 4.69) is 46.4 Å². The number of nitrogens with zero attached hydrogens (tertiary/aromatic N) is 1. The minimum Gasteiger partial charge on any atom is -0.328 e. The molecule has 0 aromatic heterocycles. The van der Waals surface area contributed by atoms with Gasteiger partial charge in [0, 0.05) is 24.7 Å². The SMILES string of the molecule is CC(C)CN(C(C)C)C(C)CC(C)N. The van der Waals surface area contributed by atoms with Crippen molar-refractivity contribution >= 4 is 0 Å². The normalized spacial score (nSPS) is 16.7. The van der Waals surface area contributed by atoms with E-state index >= 15 is 0 Å². The summed E-state index contributed by atoms with van der Waals surface area (Å²) in [4.78, 5) is 2.55. The van der Waals surface area contributed by atoms with Gasteiger partial charge in [-0.1, -0.05) is 13.8 Å². The van der Waals surface area contributed by atoms with E-state index in [1.807, 2.05) is 0 Å². The van der Waals surface area contributed by atoms with Crippen LogP contribution >= 0.6 is 0 Å². The van der Waals surface area contributed by atoms with E-state index < -0.39 is 0 Å². The summed E-state index contributed by atoms with van der Waals surface area (Å²) >= 11 is 0. The van der Waals surface area contributed by atoms with Crippen molar-refractivity contribution in [2.24, 2.45) is 11.7 Å². The Labute approximate surface area is 89.9 Å². The van der Waals surface area contributed by atoms with Crippen LogP contribution in [-0.2, 0) is 0 Å². The van der Waals surface area contributed by atoms with E-state index in [0.717, 1.165) is 12.3 Å². The predicted molar refractivity (Wildman–Crippen MR) is 64.4 cm³/mol. The van der Waals surface area contributed by atoms with Crippen LogP contribution in [0, 0.1) is 5.92 Å². The number of rotatable bonds is 6. The largest absolute Gasteiger partial charge is 0.328 e. The van der Waals surface area contributed by atoms with Gasteiger partial charge < -0.3 is 5.73 Å². The molecule has 2 N–H and O–H groups in total. The molecule has 0 fully saturated rings. The lowest BCUT2D eigenvalue weighted by Crippen LogP contribution is -2.43. The maximum absolute atomic E-state index is 5.84. The molecule has 2 heteroatoms. The third-order valence-electron chi connectivity index (χ3n) is 2.52. The Bertz CT molecular complexity index is 141. The molecular formula is C12H28N2. The highest BCUT2D eigenvalue weighted by atomic mass is 15.2. The van der Waals surface area contributed by atoms with Gasteiger partial charge in [-0.3, -0.25) is 4.90 Å². The Morgan fingerprint density at radius 3 is 1.79 bits per heavy atom. The van der Waals surface area contributed by atoms with Crippen LogP contribution in [0.2, 0.25) is 0 Å². The summed E-state index contributed by atoms with van der Waals surface area (Å²) in [5.41, 5.74) is 5.84. The molecule has 2 atom stereocenters. The van der Waals surface area contributed by atoms with Gasteiger partial charge in [0.1, 0.15) is 0 Å². The molecule has 86 valence electrons. The van der Waals surface area contributed by atoms with E-state index in [9.17, 15) is 0 Å². The number of nitrogens with two attached hydrogens (primary N) is 1. The van der Waals surface area contributed by atoms with Crippen molar-refractivity contribution in [1.82, 2.24) is 4.90 Å². The van der Waals surface area contributed by atoms with Crippen molar-refractivity contribution in [3.05, 3.63) is 0 Å². The second-order valence-corrected chi connectivity index (χ2v) is 5.25. The first-order valence-corrected chi connectivity index (χ1v) is 5.85. The van der Waals surface area contributed by atoms with E-state index in [0.29, 0.717) is 18.1 Å². The molecule has 0 aromatic rings. The van der Waals surface area contributed by atoms with Crippen LogP contribution in [0.1, 0.15) is 48.0 Å². The lowest BCUT2D eigenvalue weighted by molar-refractivity contribution is 0.134. The molecule has 0 aliphatic heterocycles. The van der Waals surface area contributed by atoms with Crippen LogP contribution in [0.5, 0.6) is 0 Å². The molecule has 0 bridgehead atoms.